The fraction of sp³-hybridized carbons (Fsp3) is 0.167. The number of benzene rings is 1. The van der Waals surface area contributed by atoms with Crippen molar-refractivity contribution in [1.82, 2.24) is 14.7 Å². The third-order valence-electron chi connectivity index (χ3n) is 2.86. The lowest BCUT2D eigenvalue weighted by atomic mass is 10.2. The molecule has 0 fully saturated rings. The van der Waals surface area contributed by atoms with Crippen molar-refractivity contribution in [3.63, 3.8) is 0 Å². The lowest BCUT2D eigenvalue weighted by molar-refractivity contribution is 0.378. The van der Waals surface area contributed by atoms with Crippen LogP contribution in [-0.4, -0.2) is 14.7 Å². The van der Waals surface area contributed by atoms with E-state index in [-0.39, 0.29) is 5.82 Å². The van der Waals surface area contributed by atoms with Crippen molar-refractivity contribution < 1.29 is 8.91 Å². The zero-order valence-electron chi connectivity index (χ0n) is 9.72. The van der Waals surface area contributed by atoms with Crippen LogP contribution in [0.4, 0.5) is 10.3 Å². The van der Waals surface area contributed by atoms with Crippen LogP contribution in [0.25, 0.3) is 11.0 Å². The number of aryl methyl sites for hydroxylation is 1. The van der Waals surface area contributed by atoms with Crippen LogP contribution in [0.3, 0.4) is 0 Å². The van der Waals surface area contributed by atoms with Gasteiger partial charge in [0.15, 0.2) is 5.76 Å². The van der Waals surface area contributed by atoms with Crippen molar-refractivity contribution in [3.8, 4) is 0 Å². The van der Waals surface area contributed by atoms with Crippen molar-refractivity contribution in [2.45, 2.75) is 13.5 Å². The number of hydrogen-bond acceptors (Lipinski definition) is 4. The first-order valence-electron chi connectivity index (χ1n) is 5.46. The molecule has 0 spiro atoms. The summed E-state index contributed by atoms with van der Waals surface area (Å²) in [5, 5.41) is 3.63. The first-order valence-corrected chi connectivity index (χ1v) is 5.46. The van der Waals surface area contributed by atoms with Crippen molar-refractivity contribution in [2.24, 2.45) is 0 Å². The molecule has 2 N–H and O–H groups in total. The lowest BCUT2D eigenvalue weighted by Gasteiger charge is -2.04. The number of fused-ring (bicyclic) bond motifs is 1. The van der Waals surface area contributed by atoms with E-state index in [1.54, 1.807) is 29.8 Å². The molecule has 0 unspecified atom stereocenters. The SMILES string of the molecule is Cc1cc2c(cc1F)nc(N)n2Cc1ccno1. The Hall–Kier alpha value is -2.37. The monoisotopic (exact) mass is 246 g/mol. The van der Waals surface area contributed by atoms with Crippen LogP contribution in [0.15, 0.2) is 28.9 Å². The average Bonchev–Trinajstić information content (AvgIpc) is 2.92. The maximum Gasteiger partial charge on any atom is 0.201 e. The molecular weight excluding hydrogens is 235 g/mol. The number of anilines is 1. The molecule has 18 heavy (non-hydrogen) atoms. The minimum absolute atomic E-state index is 0.285. The largest absolute Gasteiger partial charge is 0.369 e. The lowest BCUT2D eigenvalue weighted by Crippen LogP contribution is -2.04. The Balaban J connectivity index is 2.16. The molecule has 2 heterocycles. The highest BCUT2D eigenvalue weighted by molar-refractivity contribution is 5.79. The van der Waals surface area contributed by atoms with Gasteiger partial charge >= 0.3 is 0 Å². The van der Waals surface area contributed by atoms with Crippen molar-refractivity contribution in [1.29, 1.82) is 0 Å². The van der Waals surface area contributed by atoms with Crippen molar-refractivity contribution in [3.05, 3.63) is 41.5 Å². The predicted octanol–water partition coefficient (Wildman–Crippen LogP) is 2.10. The molecule has 0 aliphatic carbocycles. The third kappa shape index (κ3) is 1.62. The second-order valence-electron chi connectivity index (χ2n) is 4.13. The molecule has 0 bridgehead atoms. The van der Waals surface area contributed by atoms with Crippen LogP contribution in [-0.2, 0) is 6.54 Å². The maximum absolute atomic E-state index is 13.4. The summed E-state index contributed by atoms with van der Waals surface area (Å²) in [6, 6.07) is 4.87. The van der Waals surface area contributed by atoms with Gasteiger partial charge in [-0.3, -0.25) is 0 Å². The van der Waals surface area contributed by atoms with E-state index in [2.05, 4.69) is 10.1 Å². The van der Waals surface area contributed by atoms with Gasteiger partial charge in [0.1, 0.15) is 5.82 Å². The highest BCUT2D eigenvalue weighted by Gasteiger charge is 2.12. The van der Waals surface area contributed by atoms with E-state index in [1.165, 1.54) is 6.07 Å². The Bertz CT molecular complexity index is 703. The number of nitrogens with zero attached hydrogens (tertiary/aromatic N) is 3. The molecule has 1 aromatic carbocycles. The van der Waals surface area contributed by atoms with Crippen molar-refractivity contribution in [2.75, 3.05) is 5.73 Å². The second-order valence-corrected chi connectivity index (χ2v) is 4.13. The van der Waals surface area contributed by atoms with Crippen LogP contribution in [0.2, 0.25) is 0 Å². The molecule has 0 radical (unpaired) electrons. The minimum Gasteiger partial charge on any atom is -0.369 e. The standard InChI is InChI=1S/C12H11FN4O/c1-7-4-11-10(5-9(7)13)16-12(14)17(11)6-8-2-3-15-18-8/h2-5H,6H2,1H3,(H2,14,16). The van der Waals surface area contributed by atoms with Gasteiger partial charge in [0.05, 0.1) is 23.8 Å². The number of nitrogen functional groups attached to an aromatic ring is 1. The fourth-order valence-corrected chi connectivity index (χ4v) is 1.91. The molecule has 0 atom stereocenters. The number of nitrogens with two attached hydrogens (primary N) is 1. The van der Waals surface area contributed by atoms with Gasteiger partial charge in [-0.1, -0.05) is 5.16 Å². The topological polar surface area (TPSA) is 69.9 Å². The Morgan fingerprint density at radius 2 is 2.28 bits per heavy atom. The molecule has 0 saturated carbocycles. The van der Waals surface area contributed by atoms with Gasteiger partial charge in [0, 0.05) is 12.1 Å². The van der Waals surface area contributed by atoms with Gasteiger partial charge in [-0.15, -0.1) is 0 Å². The maximum atomic E-state index is 13.4. The van der Waals surface area contributed by atoms with Gasteiger partial charge in [0.2, 0.25) is 5.95 Å². The molecular formula is C12H11FN4O. The van der Waals surface area contributed by atoms with E-state index in [0.29, 0.717) is 29.3 Å². The van der Waals surface area contributed by atoms with Gasteiger partial charge < -0.3 is 14.8 Å². The smallest absolute Gasteiger partial charge is 0.201 e. The molecule has 5 nitrogen and oxygen atoms in total. The minimum atomic E-state index is -0.285. The fourth-order valence-electron chi connectivity index (χ4n) is 1.91. The van der Waals surface area contributed by atoms with Crippen LogP contribution < -0.4 is 5.73 Å². The molecule has 2 aromatic heterocycles. The Morgan fingerprint density at radius 3 is 3.00 bits per heavy atom. The van der Waals surface area contributed by atoms with Gasteiger partial charge in [-0.25, -0.2) is 9.37 Å². The molecule has 3 aromatic rings. The van der Waals surface area contributed by atoms with Crippen molar-refractivity contribution >= 4 is 17.0 Å². The average molecular weight is 246 g/mol. The van der Waals surface area contributed by atoms with Gasteiger partial charge in [-0.05, 0) is 18.6 Å². The van der Waals surface area contributed by atoms with Crippen LogP contribution in [0.1, 0.15) is 11.3 Å². The van der Waals surface area contributed by atoms with E-state index in [4.69, 9.17) is 10.3 Å². The first kappa shape index (κ1) is 10.8. The first-order chi connectivity index (χ1) is 8.65. The van der Waals surface area contributed by atoms with Crippen LogP contribution in [0.5, 0.6) is 0 Å². The van der Waals surface area contributed by atoms with Crippen LogP contribution >= 0.6 is 0 Å². The molecule has 6 heteroatoms. The third-order valence-corrected chi connectivity index (χ3v) is 2.86. The summed E-state index contributed by atoms with van der Waals surface area (Å²) in [6.07, 6.45) is 1.57. The summed E-state index contributed by atoms with van der Waals surface area (Å²) in [6.45, 7) is 2.13. The Morgan fingerprint density at radius 1 is 1.44 bits per heavy atom. The highest BCUT2D eigenvalue weighted by atomic mass is 19.1. The summed E-state index contributed by atoms with van der Waals surface area (Å²) < 4.78 is 20.3. The van der Waals surface area contributed by atoms with E-state index < -0.39 is 0 Å². The summed E-state index contributed by atoms with van der Waals surface area (Å²) in [5.41, 5.74) is 7.71. The zero-order valence-corrected chi connectivity index (χ0v) is 9.72. The summed E-state index contributed by atoms with van der Waals surface area (Å²) in [5.74, 6) is 0.709. The van der Waals surface area contributed by atoms with E-state index in [9.17, 15) is 4.39 Å². The predicted molar refractivity (Wildman–Crippen MR) is 64.4 cm³/mol. The van der Waals surface area contributed by atoms with Crippen LogP contribution in [0, 0.1) is 12.7 Å². The summed E-state index contributed by atoms with van der Waals surface area (Å²) in [4.78, 5) is 4.13. The Kier molecular flexibility index (Phi) is 2.29. The quantitative estimate of drug-likeness (QED) is 0.751. The molecule has 3 rings (SSSR count). The number of hydrogen-bond donors (Lipinski definition) is 1. The molecule has 0 amide bonds. The summed E-state index contributed by atoms with van der Waals surface area (Å²) in [7, 11) is 0. The molecule has 0 saturated heterocycles. The number of rotatable bonds is 2. The number of imidazole rings is 1. The van der Waals surface area contributed by atoms with Gasteiger partial charge in [-0.2, -0.15) is 0 Å². The number of aromatic nitrogens is 3. The van der Waals surface area contributed by atoms with E-state index in [0.717, 1.165) is 5.52 Å². The zero-order chi connectivity index (χ0) is 12.7. The molecule has 0 aliphatic heterocycles. The molecule has 92 valence electrons. The summed E-state index contributed by atoms with van der Waals surface area (Å²) >= 11 is 0. The number of halogens is 1. The molecule has 0 aliphatic rings. The van der Waals surface area contributed by atoms with E-state index >= 15 is 0 Å². The second kappa shape index (κ2) is 3.83. The Labute approximate surface area is 102 Å². The van der Waals surface area contributed by atoms with Gasteiger partial charge in [0.25, 0.3) is 0 Å². The normalized spacial score (nSPS) is 11.2. The van der Waals surface area contributed by atoms with E-state index in [1.807, 2.05) is 0 Å². The highest BCUT2D eigenvalue weighted by Crippen LogP contribution is 2.22.